The molecule has 5 rings (SSSR count). The number of aliphatic carboxylic acids is 1. The molecule has 4 aromatic rings. The molecule has 2 N–H and O–H groups in total. The van der Waals surface area contributed by atoms with Crippen molar-refractivity contribution in [2.75, 3.05) is 13.7 Å². The maximum Gasteiger partial charge on any atom is 0.407 e. The molecule has 0 unspecified atom stereocenters. The van der Waals surface area contributed by atoms with Gasteiger partial charge in [-0.25, -0.2) is 9.59 Å². The Balaban J connectivity index is 1.22. The molecular weight excluding hydrogens is 468 g/mol. The summed E-state index contributed by atoms with van der Waals surface area (Å²) < 4.78 is 10.7. The molecule has 0 aliphatic heterocycles. The number of nitrogens with one attached hydrogen (secondary N) is 1. The van der Waals surface area contributed by atoms with Crippen molar-refractivity contribution >= 4 is 12.1 Å². The van der Waals surface area contributed by atoms with E-state index in [4.69, 9.17) is 9.47 Å². The van der Waals surface area contributed by atoms with E-state index in [1.54, 1.807) is 19.5 Å². The second-order valence-corrected chi connectivity index (χ2v) is 8.88. The van der Waals surface area contributed by atoms with Crippen LogP contribution in [0.25, 0.3) is 22.3 Å². The van der Waals surface area contributed by atoms with Gasteiger partial charge in [-0.05, 0) is 39.4 Å². The number of nitrogens with zero attached hydrogens (tertiary/aromatic N) is 1. The van der Waals surface area contributed by atoms with Crippen LogP contribution in [0.15, 0.2) is 91.3 Å². The first-order valence-corrected chi connectivity index (χ1v) is 12.0. The highest BCUT2D eigenvalue weighted by Crippen LogP contribution is 2.44. The van der Waals surface area contributed by atoms with Crippen LogP contribution >= 0.6 is 0 Å². The smallest absolute Gasteiger partial charge is 0.407 e. The molecule has 0 saturated heterocycles. The number of carboxylic acid groups (broad SMARTS) is 1. The minimum atomic E-state index is -1.13. The summed E-state index contributed by atoms with van der Waals surface area (Å²) in [5, 5.41) is 12.2. The number of ether oxygens (including phenoxy) is 2. The second-order valence-electron chi connectivity index (χ2n) is 8.88. The van der Waals surface area contributed by atoms with Gasteiger partial charge >= 0.3 is 12.1 Å². The van der Waals surface area contributed by atoms with Gasteiger partial charge in [0.2, 0.25) is 0 Å². The Morgan fingerprint density at radius 3 is 2.19 bits per heavy atom. The van der Waals surface area contributed by atoms with Crippen LogP contribution in [0.1, 0.15) is 22.6 Å². The van der Waals surface area contributed by atoms with Crippen LogP contribution in [0, 0.1) is 0 Å². The van der Waals surface area contributed by atoms with Crippen LogP contribution in [0.3, 0.4) is 0 Å². The minimum absolute atomic E-state index is 0.0972. The SMILES string of the molecule is COc1cncc(-c2ccc(C[C@H](NC(=O)OCC3c4ccccc4-c4ccccc43)C(=O)O)cc2)c1. The van der Waals surface area contributed by atoms with Gasteiger partial charge in [0.15, 0.2) is 0 Å². The number of hydrogen-bond donors (Lipinski definition) is 2. The molecule has 7 nitrogen and oxygen atoms in total. The van der Waals surface area contributed by atoms with Gasteiger partial charge in [-0.1, -0.05) is 72.8 Å². The van der Waals surface area contributed by atoms with Gasteiger partial charge < -0.3 is 19.9 Å². The first-order valence-electron chi connectivity index (χ1n) is 12.0. The molecule has 1 aliphatic rings. The second kappa shape index (κ2) is 10.5. The van der Waals surface area contributed by atoms with Crippen LogP contribution in [-0.2, 0) is 16.0 Å². The average Bonchev–Trinajstić information content (AvgIpc) is 3.25. The number of aromatic nitrogens is 1. The number of carboxylic acids is 1. The first-order chi connectivity index (χ1) is 18.0. The summed E-state index contributed by atoms with van der Waals surface area (Å²) in [6, 6.07) is 24.3. The Morgan fingerprint density at radius 1 is 0.919 bits per heavy atom. The highest BCUT2D eigenvalue weighted by Gasteiger charge is 2.29. The molecule has 1 aromatic heterocycles. The number of alkyl carbamates (subject to hydrolysis) is 1. The lowest BCUT2D eigenvalue weighted by molar-refractivity contribution is -0.139. The fourth-order valence-electron chi connectivity index (χ4n) is 4.74. The summed E-state index contributed by atoms with van der Waals surface area (Å²) >= 11 is 0. The van der Waals surface area contributed by atoms with Crippen molar-refractivity contribution in [2.24, 2.45) is 0 Å². The van der Waals surface area contributed by atoms with Gasteiger partial charge in [0, 0.05) is 24.1 Å². The Kier molecular flexibility index (Phi) is 6.85. The van der Waals surface area contributed by atoms with Crippen molar-refractivity contribution in [3.8, 4) is 28.0 Å². The largest absolute Gasteiger partial charge is 0.495 e. The van der Waals surface area contributed by atoms with Crippen LogP contribution in [0.4, 0.5) is 4.79 Å². The van der Waals surface area contributed by atoms with Crippen LogP contribution in [0.5, 0.6) is 5.75 Å². The molecule has 0 bridgehead atoms. The molecule has 186 valence electrons. The normalized spacial score (nSPS) is 12.8. The minimum Gasteiger partial charge on any atom is -0.495 e. The molecule has 7 heteroatoms. The van der Waals surface area contributed by atoms with E-state index < -0.39 is 18.1 Å². The van der Waals surface area contributed by atoms with Crippen LogP contribution in [-0.4, -0.2) is 41.9 Å². The lowest BCUT2D eigenvalue weighted by Gasteiger charge is -2.17. The maximum atomic E-state index is 12.6. The summed E-state index contributed by atoms with van der Waals surface area (Å²) in [6.07, 6.45) is 2.73. The van der Waals surface area contributed by atoms with E-state index >= 15 is 0 Å². The van der Waals surface area contributed by atoms with Crippen LogP contribution in [0.2, 0.25) is 0 Å². The van der Waals surface area contributed by atoms with E-state index in [9.17, 15) is 14.7 Å². The lowest BCUT2D eigenvalue weighted by Crippen LogP contribution is -2.42. The topological polar surface area (TPSA) is 97.8 Å². The van der Waals surface area contributed by atoms with Crippen molar-refractivity contribution in [2.45, 2.75) is 18.4 Å². The highest BCUT2D eigenvalue weighted by molar-refractivity contribution is 5.81. The van der Waals surface area contributed by atoms with Crippen molar-refractivity contribution in [1.29, 1.82) is 0 Å². The number of pyridine rings is 1. The predicted octanol–water partition coefficient (Wildman–Crippen LogP) is 5.29. The number of rotatable bonds is 8. The Hall–Kier alpha value is -4.65. The third kappa shape index (κ3) is 5.16. The van der Waals surface area contributed by atoms with Crippen molar-refractivity contribution in [1.82, 2.24) is 10.3 Å². The number of carbonyl (C=O) groups excluding carboxylic acids is 1. The van der Waals surface area contributed by atoms with E-state index in [2.05, 4.69) is 22.4 Å². The molecule has 3 aromatic carbocycles. The van der Waals surface area contributed by atoms with Gasteiger partial charge in [-0.15, -0.1) is 0 Å². The van der Waals surface area contributed by atoms with E-state index in [1.807, 2.05) is 66.7 Å². The number of amides is 1. The van der Waals surface area contributed by atoms with Crippen molar-refractivity contribution < 1.29 is 24.2 Å². The summed E-state index contributed by atoms with van der Waals surface area (Å²) in [4.78, 5) is 28.7. The first kappa shape index (κ1) is 24.1. The fourth-order valence-corrected chi connectivity index (χ4v) is 4.74. The zero-order valence-electron chi connectivity index (χ0n) is 20.3. The number of methoxy groups -OCH3 is 1. The Labute approximate surface area is 214 Å². The quantitative estimate of drug-likeness (QED) is 0.345. The number of hydrogen-bond acceptors (Lipinski definition) is 5. The van der Waals surface area contributed by atoms with E-state index in [-0.39, 0.29) is 18.9 Å². The van der Waals surface area contributed by atoms with E-state index in [0.29, 0.717) is 5.75 Å². The van der Waals surface area contributed by atoms with Gasteiger partial charge in [0.05, 0.1) is 13.3 Å². The lowest BCUT2D eigenvalue weighted by atomic mass is 9.98. The Morgan fingerprint density at radius 2 is 1.57 bits per heavy atom. The van der Waals surface area contributed by atoms with Crippen molar-refractivity contribution in [3.05, 3.63) is 108 Å². The maximum absolute atomic E-state index is 12.6. The summed E-state index contributed by atoms with van der Waals surface area (Å²) in [7, 11) is 1.58. The molecule has 1 atom stereocenters. The summed E-state index contributed by atoms with van der Waals surface area (Å²) in [5.41, 5.74) is 7.03. The number of carbonyl (C=O) groups is 2. The van der Waals surface area contributed by atoms with Crippen LogP contribution < -0.4 is 10.1 Å². The molecule has 0 saturated carbocycles. The third-order valence-corrected chi connectivity index (χ3v) is 6.61. The molecule has 1 heterocycles. The predicted molar refractivity (Wildman–Crippen MR) is 140 cm³/mol. The fraction of sp³-hybridized carbons (Fsp3) is 0.167. The molecule has 0 radical (unpaired) electrons. The highest BCUT2D eigenvalue weighted by atomic mass is 16.5. The molecular formula is C30H26N2O5. The molecule has 37 heavy (non-hydrogen) atoms. The van der Waals surface area contributed by atoms with E-state index in [1.165, 1.54) is 0 Å². The molecule has 0 spiro atoms. The van der Waals surface area contributed by atoms with Crippen molar-refractivity contribution in [3.63, 3.8) is 0 Å². The van der Waals surface area contributed by atoms with E-state index in [0.717, 1.165) is 38.9 Å². The number of benzene rings is 3. The zero-order valence-corrected chi connectivity index (χ0v) is 20.3. The monoisotopic (exact) mass is 494 g/mol. The van der Waals surface area contributed by atoms with Gasteiger partial charge in [-0.3, -0.25) is 4.98 Å². The Bertz CT molecular complexity index is 1390. The molecule has 1 amide bonds. The summed E-state index contributed by atoms with van der Waals surface area (Å²) in [5.74, 6) is -0.575. The van der Waals surface area contributed by atoms with Gasteiger partial charge in [0.1, 0.15) is 18.4 Å². The van der Waals surface area contributed by atoms with Gasteiger partial charge in [0.25, 0.3) is 0 Å². The number of fused-ring (bicyclic) bond motifs is 3. The van der Waals surface area contributed by atoms with Gasteiger partial charge in [-0.2, -0.15) is 0 Å². The average molecular weight is 495 g/mol. The standard InChI is InChI=1S/C30H26N2O5/c1-36-22-15-21(16-31-17-22)20-12-10-19(11-13-20)14-28(29(33)34)32-30(35)37-18-27-25-8-4-2-6-23(25)24-7-3-5-9-26(24)27/h2-13,15-17,27-28H,14,18H2,1H3,(H,32,35)(H,33,34)/t28-/m0/s1. The summed E-state index contributed by atoms with van der Waals surface area (Å²) in [6.45, 7) is 0.121. The zero-order chi connectivity index (χ0) is 25.8. The third-order valence-electron chi connectivity index (χ3n) is 6.61. The molecule has 0 fully saturated rings. The molecule has 1 aliphatic carbocycles.